The number of hydrogen-bond donors (Lipinski definition) is 3. The number of carboxylic acids is 2. The average Bonchev–Trinajstić information content (AvgIpc) is 2.52. The Morgan fingerprint density at radius 3 is 1.96 bits per heavy atom. The fourth-order valence-corrected chi connectivity index (χ4v) is 1.71. The Hall–Kier alpha value is -2.09. The number of carbonyl (C=O) groups is 3. The van der Waals surface area contributed by atoms with E-state index in [-0.39, 0.29) is 18.6 Å². The van der Waals surface area contributed by atoms with E-state index in [9.17, 15) is 4.79 Å². The number of ether oxygens (including phenoxy) is 1. The molecule has 128 valence electrons. The summed E-state index contributed by atoms with van der Waals surface area (Å²) in [6, 6.07) is 7.67. The third-order valence-corrected chi connectivity index (χ3v) is 3.25. The molecule has 0 bridgehead atoms. The summed E-state index contributed by atoms with van der Waals surface area (Å²) in [5.74, 6) is -3.01. The van der Waals surface area contributed by atoms with Crippen LogP contribution in [-0.2, 0) is 14.4 Å². The zero-order valence-electron chi connectivity index (χ0n) is 12.9. The van der Waals surface area contributed by atoms with Gasteiger partial charge in [-0.2, -0.15) is 0 Å². The van der Waals surface area contributed by atoms with Crippen molar-refractivity contribution in [3.8, 4) is 5.75 Å². The summed E-state index contributed by atoms with van der Waals surface area (Å²) in [4.78, 5) is 29.8. The molecule has 23 heavy (non-hydrogen) atoms. The van der Waals surface area contributed by atoms with Gasteiger partial charge in [-0.15, -0.1) is 0 Å². The van der Waals surface area contributed by atoms with Crippen LogP contribution in [-0.4, -0.2) is 40.7 Å². The van der Waals surface area contributed by atoms with E-state index in [0.717, 1.165) is 17.3 Å². The van der Waals surface area contributed by atoms with Gasteiger partial charge in [0.15, 0.2) is 6.61 Å². The lowest BCUT2D eigenvalue weighted by Gasteiger charge is -2.14. The summed E-state index contributed by atoms with van der Waals surface area (Å²) in [7, 11) is 0. The molecule has 1 aromatic carbocycles. The first-order valence-corrected chi connectivity index (χ1v) is 7.73. The van der Waals surface area contributed by atoms with Crippen molar-refractivity contribution in [2.24, 2.45) is 0 Å². The van der Waals surface area contributed by atoms with E-state index in [0.29, 0.717) is 5.75 Å². The first-order valence-electron chi connectivity index (χ1n) is 6.94. The predicted molar refractivity (Wildman–Crippen MR) is 87.4 cm³/mol. The van der Waals surface area contributed by atoms with E-state index < -0.39 is 11.9 Å². The number of benzene rings is 1. The lowest BCUT2D eigenvalue weighted by molar-refractivity contribution is -0.159. The van der Waals surface area contributed by atoms with Gasteiger partial charge in [0.1, 0.15) is 5.75 Å². The van der Waals surface area contributed by atoms with E-state index in [4.69, 9.17) is 24.5 Å². The quantitative estimate of drug-likeness (QED) is 0.643. The van der Waals surface area contributed by atoms with E-state index in [1.807, 2.05) is 24.3 Å². The highest BCUT2D eigenvalue weighted by Gasteiger charge is 2.08. The van der Waals surface area contributed by atoms with Crippen LogP contribution in [0.25, 0.3) is 0 Å². The topological polar surface area (TPSA) is 113 Å². The fraction of sp³-hybridized carbons (Fsp3) is 0.400. The number of rotatable bonds is 6. The van der Waals surface area contributed by atoms with Gasteiger partial charge in [-0.1, -0.05) is 29.8 Å². The molecule has 0 saturated carbocycles. The molecule has 8 heteroatoms. The van der Waals surface area contributed by atoms with Gasteiger partial charge in [0.25, 0.3) is 5.91 Å². The van der Waals surface area contributed by atoms with Gasteiger partial charge in [-0.3, -0.25) is 4.79 Å². The van der Waals surface area contributed by atoms with Crippen molar-refractivity contribution in [1.82, 2.24) is 5.32 Å². The van der Waals surface area contributed by atoms with Gasteiger partial charge in [0.05, 0.1) is 0 Å². The molecule has 0 aliphatic carbocycles. The van der Waals surface area contributed by atoms with E-state index in [1.165, 1.54) is 0 Å². The van der Waals surface area contributed by atoms with E-state index in [2.05, 4.69) is 35.1 Å². The zero-order valence-corrected chi connectivity index (χ0v) is 14.5. The van der Waals surface area contributed by atoms with Crippen LogP contribution in [0.15, 0.2) is 28.7 Å². The van der Waals surface area contributed by atoms with Crippen molar-refractivity contribution in [3.05, 3.63) is 28.7 Å². The molecule has 0 aliphatic heterocycles. The van der Waals surface area contributed by atoms with Gasteiger partial charge in [0, 0.05) is 10.5 Å². The third kappa shape index (κ3) is 10.3. The third-order valence-electron chi connectivity index (χ3n) is 2.72. The highest BCUT2D eigenvalue weighted by atomic mass is 79.9. The second-order valence-electron chi connectivity index (χ2n) is 4.43. The van der Waals surface area contributed by atoms with Gasteiger partial charge in [-0.05, 0) is 37.1 Å². The Morgan fingerprint density at radius 1 is 1.09 bits per heavy atom. The molecule has 1 rings (SSSR count). The minimum absolute atomic E-state index is 0.0676. The van der Waals surface area contributed by atoms with Crippen LogP contribution in [0.4, 0.5) is 0 Å². The molecule has 0 radical (unpaired) electrons. The highest BCUT2D eigenvalue weighted by Crippen LogP contribution is 2.15. The van der Waals surface area contributed by atoms with Crippen molar-refractivity contribution >= 4 is 33.8 Å². The van der Waals surface area contributed by atoms with Crippen LogP contribution < -0.4 is 10.1 Å². The molecule has 0 saturated heterocycles. The molecule has 0 aliphatic rings. The van der Waals surface area contributed by atoms with Gasteiger partial charge in [-0.25, -0.2) is 9.59 Å². The van der Waals surface area contributed by atoms with Gasteiger partial charge in [0.2, 0.25) is 0 Å². The molecule has 3 N–H and O–H groups in total. The lowest BCUT2D eigenvalue weighted by Crippen LogP contribution is -2.37. The fourth-order valence-electron chi connectivity index (χ4n) is 1.44. The Bertz CT molecular complexity index is 501. The predicted octanol–water partition coefficient (Wildman–Crippen LogP) is 2.29. The number of carbonyl (C=O) groups excluding carboxylic acids is 1. The number of hydrogen-bond acceptors (Lipinski definition) is 4. The lowest BCUT2D eigenvalue weighted by atomic mass is 10.2. The maximum Gasteiger partial charge on any atom is 0.414 e. The Labute approximate surface area is 142 Å². The summed E-state index contributed by atoms with van der Waals surface area (Å²) in [5.41, 5.74) is 0. The van der Waals surface area contributed by atoms with Crippen molar-refractivity contribution in [3.63, 3.8) is 0 Å². The maximum absolute atomic E-state index is 11.6. The standard InChI is InChI=1S/C13H18BrNO2.C2H2O4/c1-3-11(4-2)15-13(16)9-17-12-7-5-10(14)6-8-12;3-1(4)2(5)6/h5-8,11H,3-4,9H2,1-2H3,(H,15,16);(H,3,4)(H,5,6). The van der Waals surface area contributed by atoms with E-state index >= 15 is 0 Å². The molecule has 7 nitrogen and oxygen atoms in total. The molecule has 0 spiro atoms. The number of amides is 1. The average molecular weight is 390 g/mol. The molecule has 1 amide bonds. The molecular weight excluding hydrogens is 370 g/mol. The Morgan fingerprint density at radius 2 is 1.57 bits per heavy atom. The Balaban J connectivity index is 0.000000688. The van der Waals surface area contributed by atoms with Crippen LogP contribution >= 0.6 is 15.9 Å². The SMILES string of the molecule is CCC(CC)NC(=O)COc1ccc(Br)cc1.O=C(O)C(=O)O. The van der Waals surface area contributed by atoms with Crippen LogP contribution in [0, 0.1) is 0 Å². The first-order chi connectivity index (χ1) is 10.8. The molecule has 1 aromatic rings. The van der Waals surface area contributed by atoms with Crippen LogP contribution in [0.1, 0.15) is 26.7 Å². The molecule has 0 fully saturated rings. The normalized spacial score (nSPS) is 9.57. The molecule has 0 unspecified atom stereocenters. The number of halogens is 1. The second-order valence-corrected chi connectivity index (χ2v) is 5.35. The van der Waals surface area contributed by atoms with Crippen LogP contribution in [0.3, 0.4) is 0 Å². The summed E-state index contributed by atoms with van der Waals surface area (Å²) in [5, 5.41) is 17.7. The number of aliphatic carboxylic acids is 2. The van der Waals surface area contributed by atoms with Crippen molar-refractivity contribution < 1.29 is 29.3 Å². The summed E-state index contributed by atoms with van der Waals surface area (Å²) >= 11 is 3.34. The molecule has 0 atom stereocenters. The minimum atomic E-state index is -1.82. The smallest absolute Gasteiger partial charge is 0.414 e. The highest BCUT2D eigenvalue weighted by molar-refractivity contribution is 9.10. The van der Waals surface area contributed by atoms with Crippen LogP contribution in [0.5, 0.6) is 5.75 Å². The monoisotopic (exact) mass is 389 g/mol. The molecule has 0 aromatic heterocycles. The van der Waals surface area contributed by atoms with Crippen molar-refractivity contribution in [2.45, 2.75) is 32.7 Å². The minimum Gasteiger partial charge on any atom is -0.484 e. The zero-order chi connectivity index (χ0) is 17.8. The second kappa shape index (κ2) is 11.5. The Kier molecular flexibility index (Phi) is 10.4. The summed E-state index contributed by atoms with van der Waals surface area (Å²) in [6.07, 6.45) is 1.89. The van der Waals surface area contributed by atoms with Crippen molar-refractivity contribution in [1.29, 1.82) is 0 Å². The largest absolute Gasteiger partial charge is 0.484 e. The van der Waals surface area contributed by atoms with Gasteiger partial charge < -0.3 is 20.3 Å². The van der Waals surface area contributed by atoms with Crippen LogP contribution in [0.2, 0.25) is 0 Å². The van der Waals surface area contributed by atoms with Crippen molar-refractivity contribution in [2.75, 3.05) is 6.61 Å². The molecule has 0 heterocycles. The number of carboxylic acid groups (broad SMARTS) is 2. The van der Waals surface area contributed by atoms with E-state index in [1.54, 1.807) is 0 Å². The van der Waals surface area contributed by atoms with Gasteiger partial charge >= 0.3 is 11.9 Å². The summed E-state index contributed by atoms with van der Waals surface area (Å²) in [6.45, 7) is 4.19. The number of nitrogens with one attached hydrogen (secondary N) is 1. The molecular formula is C15H20BrNO6. The maximum atomic E-state index is 11.6. The summed E-state index contributed by atoms with van der Waals surface area (Å²) < 4.78 is 6.37. The first kappa shape index (κ1) is 20.9.